The van der Waals surface area contributed by atoms with Crippen molar-refractivity contribution in [2.45, 2.75) is 6.42 Å². The third-order valence-electron chi connectivity index (χ3n) is 3.31. The van der Waals surface area contributed by atoms with Crippen molar-refractivity contribution in [1.82, 2.24) is 9.97 Å². The zero-order chi connectivity index (χ0) is 16.9. The van der Waals surface area contributed by atoms with Crippen molar-refractivity contribution in [3.8, 4) is 0 Å². The quantitative estimate of drug-likeness (QED) is 0.571. The van der Waals surface area contributed by atoms with Crippen LogP contribution in [0.1, 0.15) is 4.88 Å². The van der Waals surface area contributed by atoms with Crippen molar-refractivity contribution in [2.75, 3.05) is 22.9 Å². The number of halogens is 2. The maximum absolute atomic E-state index is 6.15. The average molecular weight is 380 g/mol. The maximum Gasteiger partial charge on any atom is 0.159 e. The van der Waals surface area contributed by atoms with E-state index in [1.54, 1.807) is 29.5 Å². The molecule has 0 unspecified atom stereocenters. The fraction of sp³-hybridized carbons (Fsp3) is 0.125. The van der Waals surface area contributed by atoms with Crippen molar-refractivity contribution in [2.24, 2.45) is 0 Å². The molecule has 0 aliphatic heterocycles. The molecule has 24 heavy (non-hydrogen) atoms. The molecule has 0 aliphatic carbocycles. The molecule has 5 nitrogen and oxygen atoms in total. The third kappa shape index (κ3) is 4.08. The Morgan fingerprint density at radius 1 is 1.08 bits per heavy atom. The predicted octanol–water partition coefficient (Wildman–Crippen LogP) is 4.83. The fourth-order valence-corrected chi connectivity index (χ4v) is 3.11. The summed E-state index contributed by atoms with van der Waals surface area (Å²) in [5.74, 6) is 1.12. The van der Waals surface area contributed by atoms with E-state index < -0.39 is 0 Å². The highest BCUT2D eigenvalue weighted by Gasteiger charge is 2.09. The van der Waals surface area contributed by atoms with Crippen molar-refractivity contribution in [1.29, 1.82) is 0 Å². The first-order valence-electron chi connectivity index (χ1n) is 7.22. The van der Waals surface area contributed by atoms with Crippen LogP contribution in [0.15, 0.2) is 42.0 Å². The lowest BCUT2D eigenvalue weighted by Gasteiger charge is -2.12. The molecule has 2 aromatic heterocycles. The van der Waals surface area contributed by atoms with E-state index in [2.05, 4.69) is 32.0 Å². The van der Waals surface area contributed by atoms with Gasteiger partial charge in [-0.1, -0.05) is 29.3 Å². The molecule has 8 heteroatoms. The molecule has 0 atom stereocenters. The summed E-state index contributed by atoms with van der Waals surface area (Å²) in [5.41, 5.74) is 7.35. The van der Waals surface area contributed by atoms with E-state index in [0.717, 1.165) is 18.7 Å². The van der Waals surface area contributed by atoms with Crippen LogP contribution in [0.5, 0.6) is 0 Å². The van der Waals surface area contributed by atoms with Gasteiger partial charge in [0.15, 0.2) is 11.6 Å². The number of aromatic nitrogens is 2. The molecule has 3 aromatic rings. The summed E-state index contributed by atoms with van der Waals surface area (Å²) in [7, 11) is 0. The second-order valence-electron chi connectivity index (χ2n) is 4.99. The van der Waals surface area contributed by atoms with Crippen LogP contribution in [0.25, 0.3) is 0 Å². The van der Waals surface area contributed by atoms with Gasteiger partial charge in [-0.05, 0) is 36.1 Å². The molecule has 2 heterocycles. The molecule has 3 rings (SSSR count). The number of nitrogen functional groups attached to an aromatic ring is 1. The van der Waals surface area contributed by atoms with E-state index in [1.807, 2.05) is 6.07 Å². The second kappa shape index (κ2) is 7.70. The average Bonchev–Trinajstić information content (AvgIpc) is 3.08. The van der Waals surface area contributed by atoms with Crippen LogP contribution < -0.4 is 16.4 Å². The number of rotatable bonds is 6. The summed E-state index contributed by atoms with van der Waals surface area (Å²) in [6.07, 6.45) is 2.38. The van der Waals surface area contributed by atoms with Crippen LogP contribution in [0.4, 0.5) is 23.0 Å². The second-order valence-corrected chi connectivity index (χ2v) is 6.84. The van der Waals surface area contributed by atoms with Gasteiger partial charge in [-0.25, -0.2) is 9.97 Å². The van der Waals surface area contributed by atoms with Crippen LogP contribution in [0, 0.1) is 0 Å². The number of benzene rings is 1. The van der Waals surface area contributed by atoms with Gasteiger partial charge in [0.2, 0.25) is 0 Å². The summed E-state index contributed by atoms with van der Waals surface area (Å²) in [5, 5.41) is 9.39. The highest BCUT2D eigenvalue weighted by Crippen LogP contribution is 2.29. The molecule has 0 spiro atoms. The van der Waals surface area contributed by atoms with Crippen molar-refractivity contribution < 1.29 is 0 Å². The first kappa shape index (κ1) is 16.8. The summed E-state index contributed by atoms with van der Waals surface area (Å²) in [6, 6.07) is 9.38. The van der Waals surface area contributed by atoms with E-state index in [4.69, 9.17) is 28.9 Å². The number of nitrogens with zero attached hydrogens (tertiary/aromatic N) is 2. The minimum atomic E-state index is 0.453. The Morgan fingerprint density at radius 2 is 1.92 bits per heavy atom. The SMILES string of the molecule is Nc1c(NCCc2cccs2)ncnc1Nc1ccc(Cl)c(Cl)c1. The molecule has 0 saturated carbocycles. The Hall–Kier alpha value is -2.02. The summed E-state index contributed by atoms with van der Waals surface area (Å²) < 4.78 is 0. The molecule has 0 aliphatic rings. The molecule has 1 aromatic carbocycles. The normalized spacial score (nSPS) is 10.6. The number of anilines is 4. The largest absolute Gasteiger partial charge is 0.393 e. The Labute approximate surface area is 153 Å². The van der Waals surface area contributed by atoms with E-state index in [1.165, 1.54) is 11.2 Å². The highest BCUT2D eigenvalue weighted by molar-refractivity contribution is 7.09. The Balaban J connectivity index is 1.69. The van der Waals surface area contributed by atoms with Gasteiger partial charge in [-0.2, -0.15) is 0 Å². The van der Waals surface area contributed by atoms with Gasteiger partial charge >= 0.3 is 0 Å². The zero-order valence-corrected chi connectivity index (χ0v) is 14.9. The highest BCUT2D eigenvalue weighted by atomic mass is 35.5. The topological polar surface area (TPSA) is 75.9 Å². The number of nitrogens with two attached hydrogens (primary N) is 1. The van der Waals surface area contributed by atoms with Gasteiger partial charge in [0.05, 0.1) is 10.0 Å². The molecule has 4 N–H and O–H groups in total. The lowest BCUT2D eigenvalue weighted by atomic mass is 10.3. The van der Waals surface area contributed by atoms with Gasteiger partial charge in [-0.15, -0.1) is 11.3 Å². The van der Waals surface area contributed by atoms with Gasteiger partial charge in [-0.3, -0.25) is 0 Å². The van der Waals surface area contributed by atoms with Crippen LogP contribution >= 0.6 is 34.5 Å². The fourth-order valence-electron chi connectivity index (χ4n) is 2.11. The van der Waals surface area contributed by atoms with Crippen molar-refractivity contribution in [3.05, 3.63) is 57.0 Å². The molecule has 0 radical (unpaired) electrons. The number of thiophene rings is 1. The third-order valence-corrected chi connectivity index (χ3v) is 4.99. The van der Waals surface area contributed by atoms with Crippen molar-refractivity contribution >= 4 is 57.5 Å². The summed E-state index contributed by atoms with van der Waals surface area (Å²) >= 11 is 13.7. The van der Waals surface area contributed by atoms with Crippen LogP contribution in [-0.4, -0.2) is 16.5 Å². The Kier molecular flexibility index (Phi) is 5.40. The molecule has 0 bridgehead atoms. The van der Waals surface area contributed by atoms with Crippen molar-refractivity contribution in [3.63, 3.8) is 0 Å². The van der Waals surface area contributed by atoms with Crippen LogP contribution in [-0.2, 0) is 6.42 Å². The molecule has 0 saturated heterocycles. The predicted molar refractivity (Wildman–Crippen MR) is 103 cm³/mol. The molecule has 0 amide bonds. The first-order valence-corrected chi connectivity index (χ1v) is 8.86. The van der Waals surface area contributed by atoms with E-state index in [9.17, 15) is 0 Å². The lowest BCUT2D eigenvalue weighted by Crippen LogP contribution is -2.10. The van der Waals surface area contributed by atoms with Gasteiger partial charge < -0.3 is 16.4 Å². The molecular weight excluding hydrogens is 365 g/mol. The first-order chi connectivity index (χ1) is 11.6. The Bertz CT molecular complexity index is 823. The van der Waals surface area contributed by atoms with Crippen LogP contribution in [0.2, 0.25) is 10.0 Å². The standard InChI is InChI=1S/C16H15Cl2N5S/c17-12-4-3-10(8-13(12)18)23-16-14(19)15(21-9-22-16)20-6-5-11-2-1-7-24-11/h1-4,7-9H,5-6,19H2,(H2,20,21,22,23). The molecular formula is C16H15Cl2N5S. The van der Waals surface area contributed by atoms with E-state index in [-0.39, 0.29) is 0 Å². The van der Waals surface area contributed by atoms with E-state index in [0.29, 0.717) is 27.4 Å². The lowest BCUT2D eigenvalue weighted by molar-refractivity contribution is 1.02. The molecule has 124 valence electrons. The smallest absolute Gasteiger partial charge is 0.159 e. The van der Waals surface area contributed by atoms with Gasteiger partial charge in [0, 0.05) is 17.1 Å². The summed E-state index contributed by atoms with van der Waals surface area (Å²) in [6.45, 7) is 0.744. The van der Waals surface area contributed by atoms with Gasteiger partial charge in [0.1, 0.15) is 12.0 Å². The summed E-state index contributed by atoms with van der Waals surface area (Å²) in [4.78, 5) is 9.69. The Morgan fingerprint density at radius 3 is 2.67 bits per heavy atom. The zero-order valence-electron chi connectivity index (χ0n) is 12.6. The van der Waals surface area contributed by atoms with E-state index >= 15 is 0 Å². The minimum absolute atomic E-state index is 0.453. The maximum atomic E-state index is 6.15. The monoisotopic (exact) mass is 379 g/mol. The number of hydrogen-bond acceptors (Lipinski definition) is 6. The molecule has 0 fully saturated rings. The minimum Gasteiger partial charge on any atom is -0.393 e. The number of nitrogens with one attached hydrogen (secondary N) is 2. The number of hydrogen-bond donors (Lipinski definition) is 3. The van der Waals surface area contributed by atoms with Crippen LogP contribution in [0.3, 0.4) is 0 Å². The van der Waals surface area contributed by atoms with Gasteiger partial charge in [0.25, 0.3) is 0 Å².